The highest BCUT2D eigenvalue weighted by Gasteiger charge is 2.36. The van der Waals surface area contributed by atoms with Gasteiger partial charge in [-0.25, -0.2) is 4.98 Å². The summed E-state index contributed by atoms with van der Waals surface area (Å²) < 4.78 is 3.77. The van der Waals surface area contributed by atoms with Crippen molar-refractivity contribution in [3.63, 3.8) is 0 Å². The quantitative estimate of drug-likeness (QED) is 0.180. The molecule has 0 atom stereocenters. The Labute approximate surface area is 299 Å². The molecule has 0 fully saturated rings. The van der Waals surface area contributed by atoms with E-state index in [0.29, 0.717) is 0 Å². The zero-order valence-electron chi connectivity index (χ0n) is 27.7. The van der Waals surface area contributed by atoms with Crippen LogP contribution in [0.3, 0.4) is 0 Å². The summed E-state index contributed by atoms with van der Waals surface area (Å²) >= 11 is 3.62. The van der Waals surface area contributed by atoms with Crippen molar-refractivity contribution >= 4 is 70.1 Å². The van der Waals surface area contributed by atoms with Crippen molar-refractivity contribution in [2.24, 2.45) is 0 Å². The Bertz CT molecular complexity index is 2730. The SMILES string of the molecule is CC1(C)c2ccccc2-c2ccc(N(c3ccc4sc(-c5ccc(-c6ccccc6)cc5)nc4c3)c3cccc4c3sc3ccccc34)cc21. The first kappa shape index (κ1) is 29.4. The molecule has 2 heterocycles. The van der Waals surface area contributed by atoms with Gasteiger partial charge in [0, 0.05) is 37.8 Å². The normalized spacial score (nSPS) is 13.2. The highest BCUT2D eigenvalue weighted by Crippen LogP contribution is 2.52. The molecule has 7 aromatic carbocycles. The maximum Gasteiger partial charge on any atom is 0.124 e. The minimum absolute atomic E-state index is 0.0962. The number of hydrogen-bond donors (Lipinski definition) is 0. The molecule has 2 aromatic heterocycles. The van der Waals surface area contributed by atoms with Crippen molar-refractivity contribution in [2.75, 3.05) is 4.90 Å². The number of benzene rings is 7. The number of nitrogens with zero attached hydrogens (tertiary/aromatic N) is 2. The van der Waals surface area contributed by atoms with E-state index >= 15 is 0 Å². The van der Waals surface area contributed by atoms with E-state index in [1.807, 2.05) is 11.3 Å². The predicted octanol–water partition coefficient (Wildman–Crippen LogP) is 13.8. The Morgan fingerprint density at radius 2 is 1.18 bits per heavy atom. The van der Waals surface area contributed by atoms with Gasteiger partial charge in [-0.1, -0.05) is 129 Å². The molecule has 0 spiro atoms. The number of hydrogen-bond acceptors (Lipinski definition) is 4. The van der Waals surface area contributed by atoms with Crippen molar-refractivity contribution in [3.05, 3.63) is 169 Å². The standard InChI is InChI=1S/C46H32N2S2/c1-46(2)38-16-8-6-13-34(38)35-25-23-32(27-39(35)46)48(41-17-10-15-37-36-14-7-9-18-42(36)49-44(37)41)33-24-26-43-40(28-33)47-45(50-43)31-21-19-30(20-22-31)29-11-4-3-5-12-29/h3-28H,1-2H3. The van der Waals surface area contributed by atoms with Gasteiger partial charge in [0.1, 0.15) is 5.01 Å². The second-order valence-electron chi connectivity index (χ2n) is 13.6. The van der Waals surface area contributed by atoms with Gasteiger partial charge in [-0.15, -0.1) is 22.7 Å². The van der Waals surface area contributed by atoms with Crippen molar-refractivity contribution in [3.8, 4) is 32.8 Å². The zero-order chi connectivity index (χ0) is 33.4. The second-order valence-corrected chi connectivity index (χ2v) is 15.7. The molecule has 10 rings (SSSR count). The summed E-state index contributed by atoms with van der Waals surface area (Å²) in [7, 11) is 0. The fourth-order valence-corrected chi connectivity index (χ4v) is 9.94. The summed E-state index contributed by atoms with van der Waals surface area (Å²) in [6, 6.07) is 57.5. The van der Waals surface area contributed by atoms with Crippen LogP contribution in [0.15, 0.2) is 158 Å². The fraction of sp³-hybridized carbons (Fsp3) is 0.0652. The summed E-state index contributed by atoms with van der Waals surface area (Å²) in [5, 5.41) is 3.63. The largest absolute Gasteiger partial charge is 0.309 e. The van der Waals surface area contributed by atoms with Crippen LogP contribution >= 0.6 is 22.7 Å². The minimum atomic E-state index is -0.0962. The van der Waals surface area contributed by atoms with E-state index in [1.54, 1.807) is 11.3 Å². The molecule has 0 N–H and O–H groups in total. The lowest BCUT2D eigenvalue weighted by Crippen LogP contribution is -2.16. The smallest absolute Gasteiger partial charge is 0.124 e. The summed E-state index contributed by atoms with van der Waals surface area (Å²) in [6.45, 7) is 4.71. The molecule has 4 heteroatoms. The first-order chi connectivity index (χ1) is 24.5. The molecule has 0 bridgehead atoms. The van der Waals surface area contributed by atoms with Crippen molar-refractivity contribution in [1.82, 2.24) is 4.98 Å². The Morgan fingerprint density at radius 3 is 2.06 bits per heavy atom. The molecule has 1 aliphatic carbocycles. The van der Waals surface area contributed by atoms with Crippen LogP contribution in [0.5, 0.6) is 0 Å². The first-order valence-corrected chi connectivity index (χ1v) is 18.7. The van der Waals surface area contributed by atoms with E-state index in [-0.39, 0.29) is 5.41 Å². The molecule has 0 unspecified atom stereocenters. The molecule has 238 valence electrons. The average molecular weight is 677 g/mol. The number of anilines is 3. The van der Waals surface area contributed by atoms with Crippen LogP contribution in [0.1, 0.15) is 25.0 Å². The highest BCUT2D eigenvalue weighted by molar-refractivity contribution is 7.26. The Hall–Kier alpha value is -5.55. The number of aromatic nitrogens is 1. The van der Waals surface area contributed by atoms with Crippen LogP contribution in [0.2, 0.25) is 0 Å². The van der Waals surface area contributed by atoms with Gasteiger partial charge in [-0.2, -0.15) is 0 Å². The number of thiophene rings is 1. The average Bonchev–Trinajstić information content (AvgIpc) is 3.83. The van der Waals surface area contributed by atoms with Gasteiger partial charge in [-0.05, 0) is 75.8 Å². The van der Waals surface area contributed by atoms with Crippen LogP contribution in [0.25, 0.3) is 63.2 Å². The molecule has 50 heavy (non-hydrogen) atoms. The number of rotatable bonds is 5. The molecule has 0 saturated carbocycles. The molecule has 9 aromatic rings. The Balaban J connectivity index is 1.13. The summed E-state index contributed by atoms with van der Waals surface area (Å²) in [5.41, 5.74) is 13.3. The van der Waals surface area contributed by atoms with Crippen LogP contribution in [0.4, 0.5) is 17.1 Å². The Morgan fingerprint density at radius 1 is 0.500 bits per heavy atom. The van der Waals surface area contributed by atoms with E-state index in [0.717, 1.165) is 27.5 Å². The van der Waals surface area contributed by atoms with Gasteiger partial charge < -0.3 is 4.90 Å². The van der Waals surface area contributed by atoms with Gasteiger partial charge in [0.15, 0.2) is 0 Å². The lowest BCUT2D eigenvalue weighted by Gasteiger charge is -2.28. The molecule has 1 aliphatic rings. The van der Waals surface area contributed by atoms with Crippen LogP contribution < -0.4 is 4.90 Å². The first-order valence-electron chi connectivity index (χ1n) is 17.0. The maximum atomic E-state index is 5.22. The van der Waals surface area contributed by atoms with Gasteiger partial charge >= 0.3 is 0 Å². The van der Waals surface area contributed by atoms with Crippen molar-refractivity contribution < 1.29 is 0 Å². The van der Waals surface area contributed by atoms with Gasteiger partial charge in [-0.3, -0.25) is 0 Å². The third-order valence-electron chi connectivity index (χ3n) is 10.3. The molecular weight excluding hydrogens is 645 g/mol. The lowest BCUT2D eigenvalue weighted by molar-refractivity contribution is 0.660. The minimum Gasteiger partial charge on any atom is -0.309 e. The molecule has 0 radical (unpaired) electrons. The summed E-state index contributed by atoms with van der Waals surface area (Å²) in [5.74, 6) is 0. The zero-order valence-corrected chi connectivity index (χ0v) is 29.4. The molecule has 2 nitrogen and oxygen atoms in total. The molecule has 0 amide bonds. The van der Waals surface area contributed by atoms with Gasteiger partial charge in [0.2, 0.25) is 0 Å². The van der Waals surface area contributed by atoms with E-state index in [4.69, 9.17) is 4.98 Å². The Kier molecular flexibility index (Phi) is 6.61. The van der Waals surface area contributed by atoms with E-state index in [9.17, 15) is 0 Å². The highest BCUT2D eigenvalue weighted by atomic mass is 32.1. The topological polar surface area (TPSA) is 16.1 Å². The molecular formula is C46H32N2S2. The number of thiazole rings is 1. The third-order valence-corrected chi connectivity index (χ3v) is 12.6. The molecule has 0 saturated heterocycles. The van der Waals surface area contributed by atoms with Gasteiger partial charge in [0.25, 0.3) is 0 Å². The monoisotopic (exact) mass is 676 g/mol. The van der Waals surface area contributed by atoms with Gasteiger partial charge in [0.05, 0.1) is 20.6 Å². The van der Waals surface area contributed by atoms with Crippen LogP contribution in [-0.4, -0.2) is 4.98 Å². The predicted molar refractivity (Wildman–Crippen MR) is 216 cm³/mol. The number of fused-ring (bicyclic) bond motifs is 7. The maximum absolute atomic E-state index is 5.22. The molecule has 0 aliphatic heterocycles. The van der Waals surface area contributed by atoms with Crippen LogP contribution in [-0.2, 0) is 5.41 Å². The van der Waals surface area contributed by atoms with E-state index in [1.165, 1.54) is 63.9 Å². The second kappa shape index (κ2) is 11.2. The van der Waals surface area contributed by atoms with Crippen molar-refractivity contribution in [1.29, 1.82) is 0 Å². The third kappa shape index (κ3) is 4.56. The van der Waals surface area contributed by atoms with Crippen molar-refractivity contribution in [2.45, 2.75) is 19.3 Å². The van der Waals surface area contributed by atoms with E-state index in [2.05, 4.69) is 176 Å². The summed E-state index contributed by atoms with van der Waals surface area (Å²) in [6.07, 6.45) is 0. The fourth-order valence-electron chi connectivity index (χ4n) is 7.78. The van der Waals surface area contributed by atoms with Crippen LogP contribution in [0, 0.1) is 0 Å². The van der Waals surface area contributed by atoms with E-state index < -0.39 is 0 Å². The summed E-state index contributed by atoms with van der Waals surface area (Å²) in [4.78, 5) is 7.66. The lowest BCUT2D eigenvalue weighted by atomic mass is 9.82.